The zero-order valence-corrected chi connectivity index (χ0v) is 34.8. The minimum Gasteiger partial charge on any atom is -0.508 e. The number of carboxylic acid groups (broad SMARTS) is 1. The van der Waals surface area contributed by atoms with E-state index < -0.39 is 77.7 Å². The summed E-state index contributed by atoms with van der Waals surface area (Å²) in [6, 6.07) is -1.25. The standard InChI is InChI=1S/C42H68N8O8/c1-5-27(4)36(40(55)48-33(42(57)58)23-26(2)3)49-38(53)32-25-28-17-18-35(51)29(24-28)13-7-10-20-45-21-11-8-14-30(44)37(52)46-31(15-6-9-19-43)41(56)50-22-12-16-34(50)39(54)47-32/h7,10,17-18,24,26-27,30-34,36,45,51H,5-6,8-9,11-16,19-23,25,43-44H2,1-4H3,(H,46,52)(H,47,54)(H,48,55)(H,49,53)(H,57,58)/t27-,30-,31-,32+,33-,34-,36-/m0/s1. The molecule has 1 fully saturated rings. The molecule has 324 valence electrons. The number of allylic oxidation sites excluding steroid dienone is 1. The van der Waals surface area contributed by atoms with Gasteiger partial charge in [0, 0.05) is 19.5 Å². The molecule has 7 atom stereocenters. The second-order valence-electron chi connectivity index (χ2n) is 16.1. The number of hydrogen-bond donors (Lipinski definition) is 9. The maximum atomic E-state index is 14.3. The molecule has 0 saturated carbocycles. The first-order valence-corrected chi connectivity index (χ1v) is 21.0. The van der Waals surface area contributed by atoms with Crippen LogP contribution in [0.3, 0.4) is 0 Å². The molecule has 1 aromatic carbocycles. The largest absolute Gasteiger partial charge is 0.508 e. The topological polar surface area (TPSA) is 258 Å². The molecule has 5 amide bonds. The van der Waals surface area contributed by atoms with Crippen molar-refractivity contribution < 1.29 is 39.0 Å². The van der Waals surface area contributed by atoms with E-state index in [9.17, 15) is 39.0 Å². The molecule has 0 unspecified atom stereocenters. The summed E-state index contributed by atoms with van der Waals surface area (Å²) in [5, 5.41) is 35.0. The highest BCUT2D eigenvalue weighted by Crippen LogP contribution is 2.23. The van der Waals surface area contributed by atoms with Crippen molar-refractivity contribution in [3.63, 3.8) is 0 Å². The van der Waals surface area contributed by atoms with Crippen LogP contribution in [-0.4, -0.2) is 113 Å². The SMILES string of the molecule is CC[C@H](C)[C@H](NC(=O)[C@H]1Cc2ccc(O)c(c2)CC=CCNCCCC[C@H](N)C(=O)N[C@@H](CCCCN)C(=O)N2CCC[C@H]2C(=O)N1)C(=O)N[C@@H](CC(C)C)C(=O)O. The molecule has 0 aliphatic carbocycles. The van der Waals surface area contributed by atoms with Crippen molar-refractivity contribution in [2.75, 3.05) is 26.2 Å². The highest BCUT2D eigenvalue weighted by Gasteiger charge is 2.40. The van der Waals surface area contributed by atoms with Gasteiger partial charge in [0.15, 0.2) is 0 Å². The normalized spacial score (nSPS) is 23.2. The molecule has 0 radical (unpaired) electrons. The monoisotopic (exact) mass is 813 g/mol. The number of aromatic hydroxyl groups is 1. The number of phenolic OH excluding ortho intramolecular Hbond substituents is 1. The molecule has 0 aromatic heterocycles. The van der Waals surface area contributed by atoms with E-state index in [1.54, 1.807) is 19.1 Å². The Hall–Kier alpha value is -4.54. The van der Waals surface area contributed by atoms with Gasteiger partial charge in [-0.2, -0.15) is 0 Å². The number of fused-ring (bicyclic) bond motifs is 3. The fraction of sp³-hybridized carbons (Fsp3) is 0.667. The maximum absolute atomic E-state index is 14.3. The molecule has 0 spiro atoms. The van der Waals surface area contributed by atoms with E-state index in [0.29, 0.717) is 88.5 Å². The van der Waals surface area contributed by atoms with Gasteiger partial charge in [-0.25, -0.2) is 4.79 Å². The third-order valence-electron chi connectivity index (χ3n) is 11.0. The lowest BCUT2D eigenvalue weighted by Crippen LogP contribution is -2.60. The van der Waals surface area contributed by atoms with E-state index >= 15 is 0 Å². The van der Waals surface area contributed by atoms with E-state index in [4.69, 9.17) is 11.5 Å². The molecule has 11 N–H and O–H groups in total. The summed E-state index contributed by atoms with van der Waals surface area (Å²) in [5.74, 6) is -4.30. The lowest BCUT2D eigenvalue weighted by Gasteiger charge is -2.31. The van der Waals surface area contributed by atoms with Crippen LogP contribution in [0.15, 0.2) is 30.4 Å². The number of nitrogens with one attached hydrogen (secondary N) is 5. The summed E-state index contributed by atoms with van der Waals surface area (Å²) in [4.78, 5) is 83.0. The Labute approximate surface area is 343 Å². The van der Waals surface area contributed by atoms with E-state index in [1.807, 2.05) is 32.9 Å². The van der Waals surface area contributed by atoms with Gasteiger partial charge in [0.05, 0.1) is 6.04 Å². The van der Waals surface area contributed by atoms with Gasteiger partial charge in [0.2, 0.25) is 29.5 Å². The van der Waals surface area contributed by atoms with Crippen LogP contribution in [0.5, 0.6) is 5.75 Å². The average molecular weight is 813 g/mol. The highest BCUT2D eigenvalue weighted by atomic mass is 16.4. The number of nitrogens with two attached hydrogens (primary N) is 2. The molecule has 16 nitrogen and oxygen atoms in total. The molecule has 2 bridgehead atoms. The highest BCUT2D eigenvalue weighted by molar-refractivity contribution is 5.96. The third kappa shape index (κ3) is 15.0. The van der Waals surface area contributed by atoms with Crippen molar-refractivity contribution >= 4 is 35.5 Å². The lowest BCUT2D eigenvalue weighted by molar-refractivity contribution is -0.143. The first-order valence-electron chi connectivity index (χ1n) is 21.0. The third-order valence-corrected chi connectivity index (χ3v) is 11.0. The lowest BCUT2D eigenvalue weighted by atomic mass is 9.95. The van der Waals surface area contributed by atoms with Crippen molar-refractivity contribution in [1.82, 2.24) is 31.5 Å². The molecule has 2 heterocycles. The van der Waals surface area contributed by atoms with Gasteiger partial charge in [0.1, 0.15) is 36.0 Å². The maximum Gasteiger partial charge on any atom is 0.326 e. The van der Waals surface area contributed by atoms with Crippen LogP contribution in [0.2, 0.25) is 0 Å². The van der Waals surface area contributed by atoms with E-state index in [1.165, 1.54) is 11.0 Å². The number of phenols is 1. The number of amides is 5. The molecular formula is C42H68N8O8. The van der Waals surface area contributed by atoms with Crippen LogP contribution in [-0.2, 0) is 41.6 Å². The second kappa shape index (κ2) is 24.4. The number of aliphatic carboxylic acids is 1. The Morgan fingerprint density at radius 3 is 2.43 bits per heavy atom. The molecule has 1 aromatic rings. The van der Waals surface area contributed by atoms with Crippen molar-refractivity contribution in [2.45, 2.75) is 141 Å². The van der Waals surface area contributed by atoms with Crippen LogP contribution in [0, 0.1) is 11.8 Å². The quantitative estimate of drug-likeness (QED) is 0.102. The first kappa shape index (κ1) is 47.8. The number of rotatable bonds is 13. The van der Waals surface area contributed by atoms with Crippen molar-refractivity contribution in [3.05, 3.63) is 41.5 Å². The minimum atomic E-state index is -1.23. The van der Waals surface area contributed by atoms with Crippen LogP contribution in [0.25, 0.3) is 0 Å². The number of unbranched alkanes of at least 4 members (excludes halogenated alkanes) is 1. The fourth-order valence-electron chi connectivity index (χ4n) is 7.31. The average Bonchev–Trinajstić information content (AvgIpc) is 3.68. The summed E-state index contributed by atoms with van der Waals surface area (Å²) in [6.45, 7) is 9.28. The molecule has 3 rings (SSSR count). The molecule has 2 aliphatic rings. The summed E-state index contributed by atoms with van der Waals surface area (Å²) in [5.41, 5.74) is 13.2. The number of carboxylic acids is 1. The Balaban J connectivity index is 2.00. The number of carbonyl (C=O) groups is 6. The molecule has 1 saturated heterocycles. The molecule has 16 heteroatoms. The van der Waals surface area contributed by atoms with Gasteiger partial charge in [-0.3, -0.25) is 24.0 Å². The number of hydrogen-bond acceptors (Lipinski definition) is 10. The Morgan fingerprint density at radius 1 is 0.983 bits per heavy atom. The Kier molecular flexibility index (Phi) is 20.1. The van der Waals surface area contributed by atoms with Crippen LogP contribution < -0.4 is 38.1 Å². The van der Waals surface area contributed by atoms with Crippen molar-refractivity contribution in [2.24, 2.45) is 23.3 Å². The van der Waals surface area contributed by atoms with Gasteiger partial charge in [-0.15, -0.1) is 0 Å². The summed E-state index contributed by atoms with van der Waals surface area (Å²) >= 11 is 0. The van der Waals surface area contributed by atoms with Gasteiger partial charge >= 0.3 is 5.97 Å². The van der Waals surface area contributed by atoms with Crippen LogP contribution in [0.4, 0.5) is 0 Å². The second-order valence-corrected chi connectivity index (χ2v) is 16.1. The van der Waals surface area contributed by atoms with Gasteiger partial charge < -0.3 is 53.2 Å². The smallest absolute Gasteiger partial charge is 0.326 e. The van der Waals surface area contributed by atoms with Crippen LogP contribution >= 0.6 is 0 Å². The van der Waals surface area contributed by atoms with Gasteiger partial charge in [-0.1, -0.05) is 64.8 Å². The van der Waals surface area contributed by atoms with E-state index in [2.05, 4.69) is 26.6 Å². The van der Waals surface area contributed by atoms with E-state index in [-0.39, 0.29) is 31.1 Å². The number of nitrogens with zero attached hydrogens (tertiary/aromatic N) is 1. The Bertz CT molecular complexity index is 1570. The van der Waals surface area contributed by atoms with Gasteiger partial charge in [-0.05, 0) is 99.9 Å². The van der Waals surface area contributed by atoms with Crippen LogP contribution in [0.1, 0.15) is 103 Å². The molecular weight excluding hydrogens is 745 g/mol. The Morgan fingerprint density at radius 2 is 1.74 bits per heavy atom. The molecule has 58 heavy (non-hydrogen) atoms. The van der Waals surface area contributed by atoms with Gasteiger partial charge in [0.25, 0.3) is 0 Å². The first-order chi connectivity index (χ1) is 27.7. The van der Waals surface area contributed by atoms with Crippen molar-refractivity contribution in [1.29, 1.82) is 0 Å². The fourth-order valence-corrected chi connectivity index (χ4v) is 7.31. The minimum absolute atomic E-state index is 0.0209. The van der Waals surface area contributed by atoms with E-state index in [0.717, 1.165) is 6.42 Å². The number of benzene rings is 1. The van der Waals surface area contributed by atoms with Crippen molar-refractivity contribution in [3.8, 4) is 5.75 Å². The zero-order chi connectivity index (χ0) is 42.8. The predicted molar refractivity (Wildman–Crippen MR) is 221 cm³/mol. The number of carbonyl (C=O) groups excluding carboxylic acids is 5. The zero-order valence-electron chi connectivity index (χ0n) is 34.8. The molecule has 2 aliphatic heterocycles. The summed E-state index contributed by atoms with van der Waals surface area (Å²) in [6.07, 6.45) is 9.19. The summed E-state index contributed by atoms with van der Waals surface area (Å²) in [7, 11) is 0. The summed E-state index contributed by atoms with van der Waals surface area (Å²) < 4.78 is 0. The predicted octanol–water partition coefficient (Wildman–Crippen LogP) is 1.37.